The molecule has 0 fully saturated rings. The minimum absolute atomic E-state index is 0.0149. The molecule has 0 saturated carbocycles. The van der Waals surface area contributed by atoms with Crippen LogP contribution >= 0.6 is 0 Å². The Bertz CT molecular complexity index is 205. The number of hydrogen-bond acceptors (Lipinski definition) is 3. The Morgan fingerprint density at radius 2 is 1.88 bits per heavy atom. The standard InChI is InChI=1S/C13H29N3O/c1-5-11(4)12(14)13(17)15-9-8-10-16(6-2)7-3/h11-12H,5-10,14H2,1-4H3,(H,15,17)/t11?,12-/m0/s1. The number of nitrogens with two attached hydrogens (primary N) is 1. The zero-order valence-corrected chi connectivity index (χ0v) is 11.8. The molecule has 0 rings (SSSR count). The second kappa shape index (κ2) is 9.42. The summed E-state index contributed by atoms with van der Waals surface area (Å²) in [6.45, 7) is 12.3. The van der Waals surface area contributed by atoms with Crippen LogP contribution in [-0.4, -0.2) is 43.0 Å². The van der Waals surface area contributed by atoms with E-state index >= 15 is 0 Å². The van der Waals surface area contributed by atoms with Crippen LogP contribution in [0.1, 0.15) is 40.5 Å². The molecule has 0 spiro atoms. The van der Waals surface area contributed by atoms with Crippen molar-refractivity contribution < 1.29 is 4.79 Å². The summed E-state index contributed by atoms with van der Waals surface area (Å²) in [6, 6.07) is -0.367. The molecule has 0 bridgehead atoms. The molecule has 3 N–H and O–H groups in total. The van der Waals surface area contributed by atoms with Gasteiger partial charge in [0.1, 0.15) is 0 Å². The van der Waals surface area contributed by atoms with E-state index < -0.39 is 0 Å². The summed E-state index contributed by atoms with van der Waals surface area (Å²) in [5, 5.41) is 2.91. The van der Waals surface area contributed by atoms with Crippen LogP contribution in [0.4, 0.5) is 0 Å². The lowest BCUT2D eigenvalue weighted by atomic mass is 9.99. The first kappa shape index (κ1) is 16.4. The molecule has 4 nitrogen and oxygen atoms in total. The molecule has 4 heteroatoms. The maximum absolute atomic E-state index is 11.7. The molecule has 0 aliphatic rings. The fourth-order valence-corrected chi connectivity index (χ4v) is 1.68. The van der Waals surface area contributed by atoms with Crippen LogP contribution < -0.4 is 11.1 Å². The van der Waals surface area contributed by atoms with E-state index in [0.29, 0.717) is 0 Å². The predicted molar refractivity (Wildman–Crippen MR) is 72.8 cm³/mol. The average Bonchev–Trinajstić information content (AvgIpc) is 2.36. The lowest BCUT2D eigenvalue weighted by Gasteiger charge is -2.20. The Hall–Kier alpha value is -0.610. The highest BCUT2D eigenvalue weighted by atomic mass is 16.2. The highest BCUT2D eigenvalue weighted by Gasteiger charge is 2.18. The minimum Gasteiger partial charge on any atom is -0.355 e. The first-order chi connectivity index (χ1) is 8.06. The second-order valence-corrected chi connectivity index (χ2v) is 4.58. The molecule has 0 aromatic carbocycles. The molecule has 0 aliphatic heterocycles. The summed E-state index contributed by atoms with van der Waals surface area (Å²) in [5.74, 6) is 0.233. The largest absolute Gasteiger partial charge is 0.355 e. The molecule has 102 valence electrons. The van der Waals surface area contributed by atoms with Crippen molar-refractivity contribution in [1.82, 2.24) is 10.2 Å². The molecule has 0 radical (unpaired) electrons. The summed E-state index contributed by atoms with van der Waals surface area (Å²) in [7, 11) is 0. The van der Waals surface area contributed by atoms with Gasteiger partial charge in [0.2, 0.25) is 5.91 Å². The molecule has 17 heavy (non-hydrogen) atoms. The molecular formula is C13H29N3O. The zero-order valence-electron chi connectivity index (χ0n) is 11.8. The summed E-state index contributed by atoms with van der Waals surface area (Å²) >= 11 is 0. The topological polar surface area (TPSA) is 58.4 Å². The molecule has 1 amide bonds. The second-order valence-electron chi connectivity index (χ2n) is 4.58. The third-order valence-electron chi connectivity index (χ3n) is 3.40. The van der Waals surface area contributed by atoms with Gasteiger partial charge in [-0.25, -0.2) is 0 Å². The van der Waals surface area contributed by atoms with Crippen molar-refractivity contribution in [2.45, 2.75) is 46.6 Å². The van der Waals surface area contributed by atoms with Gasteiger partial charge in [0.05, 0.1) is 6.04 Å². The third-order valence-corrected chi connectivity index (χ3v) is 3.40. The number of carbonyl (C=O) groups excluding carboxylic acids is 1. The normalized spacial score (nSPS) is 14.7. The summed E-state index contributed by atoms with van der Waals surface area (Å²) in [5.41, 5.74) is 5.84. The van der Waals surface area contributed by atoms with E-state index in [1.165, 1.54) is 0 Å². The highest BCUT2D eigenvalue weighted by Crippen LogP contribution is 2.04. The Morgan fingerprint density at radius 1 is 1.29 bits per heavy atom. The van der Waals surface area contributed by atoms with E-state index in [4.69, 9.17) is 5.73 Å². The van der Waals surface area contributed by atoms with Crippen LogP contribution in [0.15, 0.2) is 0 Å². The molecule has 0 aromatic rings. The molecule has 0 saturated heterocycles. The van der Waals surface area contributed by atoms with E-state index in [1.807, 2.05) is 6.92 Å². The van der Waals surface area contributed by atoms with Crippen molar-refractivity contribution in [3.8, 4) is 0 Å². The summed E-state index contributed by atoms with van der Waals surface area (Å²) in [4.78, 5) is 14.0. The van der Waals surface area contributed by atoms with E-state index in [1.54, 1.807) is 0 Å². The van der Waals surface area contributed by atoms with Crippen molar-refractivity contribution in [3.63, 3.8) is 0 Å². The first-order valence-corrected chi connectivity index (χ1v) is 6.82. The fourth-order valence-electron chi connectivity index (χ4n) is 1.68. The lowest BCUT2D eigenvalue weighted by molar-refractivity contribution is -0.123. The van der Waals surface area contributed by atoms with Crippen molar-refractivity contribution >= 4 is 5.91 Å². The Kier molecular flexibility index (Phi) is 9.09. The number of carbonyl (C=O) groups is 1. The van der Waals surface area contributed by atoms with Crippen molar-refractivity contribution in [2.75, 3.05) is 26.2 Å². The monoisotopic (exact) mass is 243 g/mol. The number of nitrogens with one attached hydrogen (secondary N) is 1. The van der Waals surface area contributed by atoms with Crippen LogP contribution in [0, 0.1) is 5.92 Å². The SMILES string of the molecule is CCC(C)[C@H](N)C(=O)NCCCN(CC)CC. The molecule has 2 atom stereocenters. The van der Waals surface area contributed by atoms with E-state index in [2.05, 4.69) is 31.0 Å². The van der Waals surface area contributed by atoms with Crippen molar-refractivity contribution in [2.24, 2.45) is 11.7 Å². The Labute approximate surface area is 106 Å². The zero-order chi connectivity index (χ0) is 13.3. The lowest BCUT2D eigenvalue weighted by Crippen LogP contribution is -2.45. The van der Waals surface area contributed by atoms with E-state index in [9.17, 15) is 4.79 Å². The van der Waals surface area contributed by atoms with Gasteiger partial charge >= 0.3 is 0 Å². The minimum atomic E-state index is -0.367. The van der Waals surface area contributed by atoms with Crippen LogP contribution in [0.25, 0.3) is 0 Å². The van der Waals surface area contributed by atoms with Crippen LogP contribution in [0.3, 0.4) is 0 Å². The van der Waals surface area contributed by atoms with Crippen molar-refractivity contribution in [3.05, 3.63) is 0 Å². The highest BCUT2D eigenvalue weighted by molar-refractivity contribution is 5.81. The predicted octanol–water partition coefficient (Wildman–Crippen LogP) is 1.21. The van der Waals surface area contributed by atoms with Gasteiger partial charge < -0.3 is 16.0 Å². The van der Waals surface area contributed by atoms with Crippen LogP contribution in [0.5, 0.6) is 0 Å². The first-order valence-electron chi connectivity index (χ1n) is 6.82. The molecule has 0 aromatic heterocycles. The van der Waals surface area contributed by atoms with Gasteiger partial charge in [-0.05, 0) is 32.0 Å². The van der Waals surface area contributed by atoms with E-state index in [0.717, 1.165) is 39.0 Å². The number of amides is 1. The molecule has 1 unspecified atom stereocenters. The van der Waals surface area contributed by atoms with Gasteiger partial charge in [0.25, 0.3) is 0 Å². The van der Waals surface area contributed by atoms with Gasteiger partial charge in [-0.1, -0.05) is 34.1 Å². The smallest absolute Gasteiger partial charge is 0.237 e. The number of hydrogen-bond donors (Lipinski definition) is 2. The van der Waals surface area contributed by atoms with E-state index in [-0.39, 0.29) is 17.9 Å². The van der Waals surface area contributed by atoms with Crippen LogP contribution in [0.2, 0.25) is 0 Å². The molecule has 0 aliphatic carbocycles. The molecule has 0 heterocycles. The molecular weight excluding hydrogens is 214 g/mol. The summed E-state index contributed by atoms with van der Waals surface area (Å²) < 4.78 is 0. The van der Waals surface area contributed by atoms with Gasteiger partial charge in [0, 0.05) is 6.54 Å². The average molecular weight is 243 g/mol. The summed E-state index contributed by atoms with van der Waals surface area (Å²) in [6.07, 6.45) is 1.93. The maximum Gasteiger partial charge on any atom is 0.237 e. The van der Waals surface area contributed by atoms with Gasteiger partial charge in [-0.2, -0.15) is 0 Å². The quantitative estimate of drug-likeness (QED) is 0.598. The third kappa shape index (κ3) is 6.64. The van der Waals surface area contributed by atoms with Crippen LogP contribution in [-0.2, 0) is 4.79 Å². The van der Waals surface area contributed by atoms with Crippen molar-refractivity contribution in [1.29, 1.82) is 0 Å². The number of nitrogens with zero attached hydrogens (tertiary/aromatic N) is 1. The Balaban J connectivity index is 3.71. The Morgan fingerprint density at radius 3 is 2.35 bits per heavy atom. The van der Waals surface area contributed by atoms with Gasteiger partial charge in [-0.15, -0.1) is 0 Å². The maximum atomic E-state index is 11.7. The fraction of sp³-hybridized carbons (Fsp3) is 0.923. The van der Waals surface area contributed by atoms with Gasteiger partial charge in [-0.3, -0.25) is 4.79 Å². The van der Waals surface area contributed by atoms with Gasteiger partial charge in [0.15, 0.2) is 0 Å². The number of rotatable bonds is 9.